The molecule has 0 amide bonds. The predicted molar refractivity (Wildman–Crippen MR) is 10.8 cm³/mol. The van der Waals surface area contributed by atoms with Gasteiger partial charge in [0.1, 0.15) is 0 Å². The van der Waals surface area contributed by atoms with Gasteiger partial charge in [-0.25, -0.2) is 0 Å². The number of hydrogen-bond donors (Lipinski definition) is 0. The van der Waals surface area contributed by atoms with Gasteiger partial charge in [-0.2, -0.15) is 0 Å². The Bertz CT molecular complexity index is 3.61. The van der Waals surface area contributed by atoms with E-state index in [4.69, 9.17) is 0 Å². The first kappa shape index (κ1) is 467. The third-order valence-electron chi connectivity index (χ3n) is 0. The van der Waals surface area contributed by atoms with Gasteiger partial charge in [-0.1, -0.05) is 0 Å². The van der Waals surface area contributed by atoms with Crippen LogP contribution in [0.25, 0.3) is 0 Å². The Labute approximate surface area is 42.6 Å². The van der Waals surface area contributed by atoms with Gasteiger partial charge in [0, 0.05) is 0 Å². The first-order valence-corrected chi connectivity index (χ1v) is 0. The zero-order chi connectivity index (χ0) is 0. The summed E-state index contributed by atoms with van der Waals surface area (Å²) in [6, 6.07) is 0. The molecule has 0 rings (SSSR count). The van der Waals surface area contributed by atoms with Gasteiger partial charge in [0.05, 0.1) is 0 Å². The van der Waals surface area contributed by atoms with Crippen molar-refractivity contribution in [3.8, 4) is 0 Å². The number of hydrogen-bond acceptors (Lipinski definition) is 0. The molecular formula is H2F4Mg. The van der Waals surface area contributed by atoms with Gasteiger partial charge in [0.2, 0.25) is 0 Å². The fraction of sp³-hybridized carbons (Fsp3) is 0. The number of halogens is 4. The molecule has 0 radical (unpaired) electrons. The summed E-state index contributed by atoms with van der Waals surface area (Å²) in [7, 11) is 0. The molecule has 0 aromatic carbocycles. The van der Waals surface area contributed by atoms with Crippen LogP contribution in [0.15, 0.2) is 0 Å². The van der Waals surface area contributed by atoms with Crippen molar-refractivity contribution in [3.05, 3.63) is 0 Å². The molecule has 0 aliphatic carbocycles. The van der Waals surface area contributed by atoms with E-state index >= 15 is 0 Å². The Kier molecular flexibility index (Phi) is 21500. The van der Waals surface area contributed by atoms with E-state index in [2.05, 4.69) is 0 Å². The van der Waals surface area contributed by atoms with Crippen LogP contribution in [0.3, 0.4) is 0 Å². The van der Waals surface area contributed by atoms with Gasteiger partial charge in [-0.15, -0.1) is 0 Å². The Morgan fingerprint density at radius 3 is 0.600 bits per heavy atom. The average molecular weight is 102 g/mol. The van der Waals surface area contributed by atoms with Crippen molar-refractivity contribution < 1.29 is 18.8 Å². The molecule has 0 saturated heterocycles. The monoisotopic (exact) mass is 102 g/mol. The van der Waals surface area contributed by atoms with Crippen LogP contribution in [0, 0.1) is 0 Å². The zero-order valence-electron chi connectivity index (χ0n) is 2.28. The van der Waals surface area contributed by atoms with Crippen molar-refractivity contribution >= 4 is 23.1 Å². The summed E-state index contributed by atoms with van der Waals surface area (Å²) in [5.41, 5.74) is 0. The van der Waals surface area contributed by atoms with E-state index in [1.54, 1.807) is 0 Å². The standard InChI is InChI=1S/4FH.Mg/h4*1H;/q;;;;+2/p-2. The van der Waals surface area contributed by atoms with Crippen molar-refractivity contribution in [2.75, 3.05) is 0 Å². The Balaban J connectivity index is 0. The molecule has 0 saturated carbocycles. The van der Waals surface area contributed by atoms with Crippen LogP contribution in [0.4, 0.5) is 9.41 Å². The molecule has 0 aliphatic heterocycles. The van der Waals surface area contributed by atoms with Crippen LogP contribution < -0.4 is 9.41 Å². The largest absolute Gasteiger partial charge is 2.00 e. The summed E-state index contributed by atoms with van der Waals surface area (Å²) >= 11 is 0. The van der Waals surface area contributed by atoms with Crippen LogP contribution in [0.1, 0.15) is 0 Å². The van der Waals surface area contributed by atoms with E-state index in [9.17, 15) is 0 Å². The first-order valence-electron chi connectivity index (χ1n) is 0. The predicted octanol–water partition coefficient (Wildman–Crippen LogP) is -6.07. The minimum absolute atomic E-state index is 0. The van der Waals surface area contributed by atoms with Gasteiger partial charge in [-0.3, -0.25) is 9.41 Å². The van der Waals surface area contributed by atoms with Crippen molar-refractivity contribution in [2.45, 2.75) is 0 Å². The molecule has 0 atom stereocenters. The maximum atomic E-state index is 0. The maximum absolute atomic E-state index is 0. The fourth-order valence-corrected chi connectivity index (χ4v) is 0. The molecule has 0 N–H and O–H groups in total. The van der Waals surface area contributed by atoms with E-state index in [0.29, 0.717) is 0 Å². The SMILES string of the molecule is F.F.[F-].[F-].[Mg+2]. The van der Waals surface area contributed by atoms with Gasteiger partial charge >= 0.3 is 23.1 Å². The average Bonchev–Trinajstić information content (AvgIpc) is 0. The molecule has 32 valence electrons. The molecule has 0 unspecified atom stereocenters. The summed E-state index contributed by atoms with van der Waals surface area (Å²) in [6.07, 6.45) is 0. The van der Waals surface area contributed by atoms with E-state index in [-0.39, 0.29) is 41.9 Å². The smallest absolute Gasteiger partial charge is 1.00 e. The molecule has 0 aromatic heterocycles. The number of rotatable bonds is 0. The molecule has 5 heteroatoms. The van der Waals surface area contributed by atoms with E-state index < -0.39 is 0 Å². The molecule has 0 aromatic rings. The van der Waals surface area contributed by atoms with Crippen LogP contribution >= 0.6 is 0 Å². The molecule has 0 fully saturated rings. The first-order chi connectivity index (χ1) is 0. The second-order valence-corrected chi connectivity index (χ2v) is 0. The van der Waals surface area contributed by atoms with Crippen LogP contribution in [0.2, 0.25) is 0 Å². The Morgan fingerprint density at radius 2 is 0.600 bits per heavy atom. The molecule has 0 spiro atoms. The third kappa shape index (κ3) is 117. The van der Waals surface area contributed by atoms with Crippen molar-refractivity contribution in [1.82, 2.24) is 0 Å². The third-order valence-corrected chi connectivity index (χ3v) is 0. The fourth-order valence-electron chi connectivity index (χ4n) is 0. The summed E-state index contributed by atoms with van der Waals surface area (Å²) in [6.45, 7) is 0. The molecule has 0 bridgehead atoms. The summed E-state index contributed by atoms with van der Waals surface area (Å²) < 4.78 is 0. The molecule has 5 heavy (non-hydrogen) atoms. The maximum Gasteiger partial charge on any atom is 2.00 e. The summed E-state index contributed by atoms with van der Waals surface area (Å²) in [4.78, 5) is 0. The molecule has 0 nitrogen and oxygen atoms in total. The van der Waals surface area contributed by atoms with Crippen molar-refractivity contribution in [2.24, 2.45) is 0 Å². The molecule has 0 heterocycles. The molecule has 0 aliphatic rings. The second-order valence-electron chi connectivity index (χ2n) is 0. The van der Waals surface area contributed by atoms with Gasteiger partial charge in [0.15, 0.2) is 0 Å². The van der Waals surface area contributed by atoms with Crippen LogP contribution in [-0.4, -0.2) is 23.1 Å². The quantitative estimate of drug-likeness (QED) is 0.211. The minimum atomic E-state index is 0. The van der Waals surface area contributed by atoms with E-state index in [0.717, 1.165) is 0 Å². The Morgan fingerprint density at radius 1 is 0.600 bits per heavy atom. The van der Waals surface area contributed by atoms with Gasteiger partial charge in [-0.05, 0) is 0 Å². The minimum Gasteiger partial charge on any atom is -1.00 e. The zero-order valence-corrected chi connectivity index (χ0v) is 3.69. The Hall–Kier alpha value is 0.486. The molecular weight excluding hydrogens is 100 g/mol. The van der Waals surface area contributed by atoms with Crippen molar-refractivity contribution in [3.63, 3.8) is 0 Å². The van der Waals surface area contributed by atoms with Crippen LogP contribution in [-0.2, 0) is 0 Å². The second kappa shape index (κ2) is 231. The van der Waals surface area contributed by atoms with Gasteiger partial charge in [0.25, 0.3) is 0 Å². The normalized spacial score (nSPS) is 0. The summed E-state index contributed by atoms with van der Waals surface area (Å²) in [5, 5.41) is 0. The van der Waals surface area contributed by atoms with E-state index in [1.807, 2.05) is 0 Å². The van der Waals surface area contributed by atoms with Crippen LogP contribution in [0.5, 0.6) is 0 Å². The topological polar surface area (TPSA) is 0 Å². The van der Waals surface area contributed by atoms with Crippen molar-refractivity contribution in [1.29, 1.82) is 0 Å². The summed E-state index contributed by atoms with van der Waals surface area (Å²) in [5.74, 6) is 0. The van der Waals surface area contributed by atoms with E-state index in [1.165, 1.54) is 0 Å². The van der Waals surface area contributed by atoms with Gasteiger partial charge < -0.3 is 9.41 Å².